The number of carbonyl (C=O) groups is 2. The van der Waals surface area contributed by atoms with E-state index in [1.54, 1.807) is 19.2 Å². The Labute approximate surface area is 167 Å². The van der Waals surface area contributed by atoms with Gasteiger partial charge in [0.15, 0.2) is 0 Å². The van der Waals surface area contributed by atoms with Crippen LogP contribution in [0.15, 0.2) is 48.5 Å². The van der Waals surface area contributed by atoms with Crippen molar-refractivity contribution in [1.29, 1.82) is 0 Å². The summed E-state index contributed by atoms with van der Waals surface area (Å²) in [5.41, 5.74) is 2.37. The standard InChI is InChI=1S/C21H23F2N3O3/c1-26(13-14-5-9-18(10-6-14)29-20(22)23)21(28)24-12-15-3-2-4-17(11-15)25-19(27)16-7-8-16/h2-6,9-11,16,20H,7-8,12-13H2,1H3,(H,24,28)(H,25,27). The molecule has 2 N–H and O–H groups in total. The number of anilines is 1. The molecule has 0 aliphatic heterocycles. The molecule has 1 saturated carbocycles. The number of carbonyl (C=O) groups excluding carboxylic acids is 2. The van der Waals surface area contributed by atoms with Gasteiger partial charge in [0.1, 0.15) is 5.75 Å². The molecule has 29 heavy (non-hydrogen) atoms. The number of urea groups is 1. The lowest BCUT2D eigenvalue weighted by atomic mass is 10.2. The largest absolute Gasteiger partial charge is 0.435 e. The Balaban J connectivity index is 1.47. The first kappa shape index (κ1) is 20.6. The van der Waals surface area contributed by atoms with Crippen molar-refractivity contribution in [2.24, 2.45) is 5.92 Å². The molecular formula is C21H23F2N3O3. The van der Waals surface area contributed by atoms with Crippen molar-refractivity contribution >= 4 is 17.6 Å². The molecule has 0 radical (unpaired) electrons. The normalized spacial score (nSPS) is 13.1. The molecule has 2 aromatic rings. The third-order valence-electron chi connectivity index (χ3n) is 4.50. The highest BCUT2D eigenvalue weighted by atomic mass is 19.3. The van der Waals surface area contributed by atoms with Crippen LogP contribution in [-0.4, -0.2) is 30.5 Å². The number of ether oxygens (including phenoxy) is 1. The summed E-state index contributed by atoms with van der Waals surface area (Å²) in [6.45, 7) is -2.23. The third-order valence-corrected chi connectivity index (χ3v) is 4.50. The van der Waals surface area contributed by atoms with Gasteiger partial charge < -0.3 is 20.3 Å². The number of nitrogens with one attached hydrogen (secondary N) is 2. The van der Waals surface area contributed by atoms with Gasteiger partial charge in [-0.3, -0.25) is 4.79 Å². The molecule has 0 bridgehead atoms. The highest BCUT2D eigenvalue weighted by molar-refractivity contribution is 5.94. The first-order valence-corrected chi connectivity index (χ1v) is 9.33. The fourth-order valence-corrected chi connectivity index (χ4v) is 2.78. The van der Waals surface area contributed by atoms with Crippen LogP contribution in [0.2, 0.25) is 0 Å². The van der Waals surface area contributed by atoms with Crippen LogP contribution in [0.25, 0.3) is 0 Å². The van der Waals surface area contributed by atoms with Crippen LogP contribution in [0.4, 0.5) is 19.3 Å². The van der Waals surface area contributed by atoms with Gasteiger partial charge in [-0.1, -0.05) is 24.3 Å². The number of halogens is 2. The van der Waals surface area contributed by atoms with E-state index in [0.29, 0.717) is 18.8 Å². The summed E-state index contributed by atoms with van der Waals surface area (Å²) in [6, 6.07) is 13.2. The van der Waals surface area contributed by atoms with E-state index in [0.717, 1.165) is 24.0 Å². The van der Waals surface area contributed by atoms with Gasteiger partial charge in [-0.2, -0.15) is 8.78 Å². The lowest BCUT2D eigenvalue weighted by molar-refractivity contribution is -0.117. The maximum atomic E-state index is 12.3. The molecule has 3 rings (SSSR count). The first-order chi connectivity index (χ1) is 13.9. The van der Waals surface area contributed by atoms with Crippen LogP contribution in [0.3, 0.4) is 0 Å². The highest BCUT2D eigenvalue weighted by Crippen LogP contribution is 2.30. The van der Waals surface area contributed by atoms with E-state index in [9.17, 15) is 18.4 Å². The van der Waals surface area contributed by atoms with Crippen molar-refractivity contribution < 1.29 is 23.1 Å². The van der Waals surface area contributed by atoms with Crippen molar-refractivity contribution in [2.75, 3.05) is 12.4 Å². The second-order valence-electron chi connectivity index (χ2n) is 7.00. The van der Waals surface area contributed by atoms with Crippen molar-refractivity contribution in [2.45, 2.75) is 32.5 Å². The van der Waals surface area contributed by atoms with Gasteiger partial charge in [-0.25, -0.2) is 4.79 Å². The SMILES string of the molecule is CN(Cc1ccc(OC(F)F)cc1)C(=O)NCc1cccc(NC(=O)C2CC2)c1. The van der Waals surface area contributed by atoms with Crippen molar-refractivity contribution in [1.82, 2.24) is 10.2 Å². The van der Waals surface area contributed by atoms with Gasteiger partial charge in [0.2, 0.25) is 5.91 Å². The van der Waals surface area contributed by atoms with Crippen molar-refractivity contribution in [3.63, 3.8) is 0 Å². The van der Waals surface area contributed by atoms with E-state index in [1.807, 2.05) is 24.3 Å². The summed E-state index contributed by atoms with van der Waals surface area (Å²) in [5.74, 6) is 0.239. The molecule has 0 saturated heterocycles. The predicted molar refractivity (Wildman–Crippen MR) is 105 cm³/mol. The third kappa shape index (κ3) is 6.44. The van der Waals surface area contributed by atoms with E-state index in [-0.39, 0.29) is 23.6 Å². The van der Waals surface area contributed by atoms with E-state index >= 15 is 0 Å². The lowest BCUT2D eigenvalue weighted by Crippen LogP contribution is -2.36. The van der Waals surface area contributed by atoms with Gasteiger partial charge in [0.05, 0.1) is 0 Å². The highest BCUT2D eigenvalue weighted by Gasteiger charge is 2.29. The molecule has 0 heterocycles. The molecule has 2 aromatic carbocycles. The molecular weight excluding hydrogens is 380 g/mol. The Morgan fingerprint density at radius 2 is 1.86 bits per heavy atom. The van der Waals surface area contributed by atoms with E-state index < -0.39 is 6.61 Å². The average Bonchev–Trinajstić information content (AvgIpc) is 3.53. The Kier molecular flexibility index (Phi) is 6.64. The molecule has 0 unspecified atom stereocenters. The monoisotopic (exact) mass is 403 g/mol. The Morgan fingerprint density at radius 3 is 2.52 bits per heavy atom. The van der Waals surface area contributed by atoms with Gasteiger partial charge >= 0.3 is 12.6 Å². The minimum atomic E-state index is -2.87. The summed E-state index contributed by atoms with van der Waals surface area (Å²) in [4.78, 5) is 25.7. The molecule has 0 aromatic heterocycles. The Bertz CT molecular complexity index is 855. The number of hydrogen-bond donors (Lipinski definition) is 2. The van der Waals surface area contributed by atoms with Crippen LogP contribution in [0.1, 0.15) is 24.0 Å². The van der Waals surface area contributed by atoms with E-state index in [2.05, 4.69) is 15.4 Å². The number of nitrogens with zero attached hydrogens (tertiary/aromatic N) is 1. The topological polar surface area (TPSA) is 70.7 Å². The van der Waals surface area contributed by atoms with E-state index in [4.69, 9.17) is 0 Å². The number of amides is 3. The molecule has 6 nitrogen and oxygen atoms in total. The molecule has 1 aliphatic rings. The summed E-state index contributed by atoms with van der Waals surface area (Å²) in [5, 5.41) is 5.71. The number of hydrogen-bond acceptors (Lipinski definition) is 3. The van der Waals surface area contributed by atoms with Gasteiger partial charge in [-0.05, 0) is 48.2 Å². The van der Waals surface area contributed by atoms with Gasteiger partial charge in [0.25, 0.3) is 0 Å². The second-order valence-corrected chi connectivity index (χ2v) is 7.00. The van der Waals surface area contributed by atoms with Crippen LogP contribution >= 0.6 is 0 Å². The maximum Gasteiger partial charge on any atom is 0.387 e. The van der Waals surface area contributed by atoms with Crippen LogP contribution < -0.4 is 15.4 Å². The molecule has 1 aliphatic carbocycles. The number of alkyl halides is 2. The van der Waals surface area contributed by atoms with Gasteiger partial charge in [0, 0.05) is 31.7 Å². The van der Waals surface area contributed by atoms with Gasteiger partial charge in [-0.15, -0.1) is 0 Å². The summed E-state index contributed by atoms with van der Waals surface area (Å²) in [7, 11) is 1.64. The smallest absolute Gasteiger partial charge is 0.387 e. The fraction of sp³-hybridized carbons (Fsp3) is 0.333. The molecule has 0 spiro atoms. The minimum absolute atomic E-state index is 0.0379. The molecule has 0 atom stereocenters. The Morgan fingerprint density at radius 1 is 1.14 bits per heavy atom. The zero-order valence-electron chi connectivity index (χ0n) is 16.0. The molecule has 8 heteroatoms. The fourth-order valence-electron chi connectivity index (χ4n) is 2.78. The Hall–Kier alpha value is -3.16. The zero-order chi connectivity index (χ0) is 20.8. The van der Waals surface area contributed by atoms with Crippen molar-refractivity contribution in [3.8, 4) is 5.75 Å². The van der Waals surface area contributed by atoms with Crippen LogP contribution in [0.5, 0.6) is 5.75 Å². The minimum Gasteiger partial charge on any atom is -0.435 e. The zero-order valence-corrected chi connectivity index (χ0v) is 16.0. The molecule has 154 valence electrons. The van der Waals surface area contributed by atoms with Crippen molar-refractivity contribution in [3.05, 3.63) is 59.7 Å². The molecule has 1 fully saturated rings. The number of rotatable bonds is 8. The maximum absolute atomic E-state index is 12.3. The summed E-state index contributed by atoms with van der Waals surface area (Å²) < 4.78 is 28.7. The first-order valence-electron chi connectivity index (χ1n) is 9.33. The predicted octanol–water partition coefficient (Wildman–Crippen LogP) is 3.98. The summed E-state index contributed by atoms with van der Waals surface area (Å²) >= 11 is 0. The summed E-state index contributed by atoms with van der Waals surface area (Å²) in [6.07, 6.45) is 1.88. The quantitative estimate of drug-likeness (QED) is 0.701. The average molecular weight is 403 g/mol. The van der Waals surface area contributed by atoms with Crippen LogP contribution in [-0.2, 0) is 17.9 Å². The van der Waals surface area contributed by atoms with Crippen LogP contribution in [0, 0.1) is 5.92 Å². The van der Waals surface area contributed by atoms with E-state index in [1.165, 1.54) is 17.0 Å². The second kappa shape index (κ2) is 9.36. The lowest BCUT2D eigenvalue weighted by Gasteiger charge is -2.18. The molecule has 3 amide bonds. The number of benzene rings is 2.